The summed E-state index contributed by atoms with van der Waals surface area (Å²) in [6.07, 6.45) is 1.51. The van der Waals surface area contributed by atoms with Gasteiger partial charge in [0, 0.05) is 6.07 Å². The summed E-state index contributed by atoms with van der Waals surface area (Å²) in [5.41, 5.74) is -0.490. The van der Waals surface area contributed by atoms with E-state index in [-0.39, 0.29) is 17.5 Å². The molecule has 0 aromatic carbocycles. The number of hydrogen-bond donors (Lipinski definition) is 2. The Kier molecular flexibility index (Phi) is 2.64. The van der Waals surface area contributed by atoms with Gasteiger partial charge in [0.05, 0.1) is 21.9 Å². The van der Waals surface area contributed by atoms with Gasteiger partial charge in [-0.25, -0.2) is 0 Å². The fraction of sp³-hybridized carbons (Fsp3) is 0.444. The molecule has 0 bridgehead atoms. The van der Waals surface area contributed by atoms with Crippen LogP contribution in [0.4, 0.5) is 5.00 Å². The normalized spacial score (nSPS) is 16.8. The van der Waals surface area contributed by atoms with Crippen molar-refractivity contribution < 1.29 is 14.8 Å². The van der Waals surface area contributed by atoms with Crippen molar-refractivity contribution in [1.29, 1.82) is 0 Å². The number of nitrogens with zero attached hydrogens (tertiary/aromatic N) is 1. The van der Waals surface area contributed by atoms with Crippen molar-refractivity contribution in [2.24, 2.45) is 0 Å². The summed E-state index contributed by atoms with van der Waals surface area (Å²) in [4.78, 5) is 21.9. The van der Waals surface area contributed by atoms with Gasteiger partial charge in [0.2, 0.25) is 0 Å². The minimum atomic E-state index is -0.527. The lowest BCUT2D eigenvalue weighted by Gasteiger charge is -2.12. The zero-order valence-corrected chi connectivity index (χ0v) is 9.12. The van der Waals surface area contributed by atoms with Crippen molar-refractivity contribution in [2.45, 2.75) is 18.4 Å². The summed E-state index contributed by atoms with van der Waals surface area (Å²) in [6.45, 7) is -0.0911. The smallest absolute Gasteiger partial charge is 0.324 e. The van der Waals surface area contributed by atoms with E-state index >= 15 is 0 Å². The molecule has 0 saturated heterocycles. The van der Waals surface area contributed by atoms with Gasteiger partial charge in [-0.05, 0) is 18.9 Å². The minimum absolute atomic E-state index is 0.0565. The molecular weight excluding hydrogens is 232 g/mol. The lowest BCUT2D eigenvalue weighted by Crippen LogP contribution is -2.39. The molecule has 1 saturated carbocycles. The Balaban J connectivity index is 2.06. The highest BCUT2D eigenvalue weighted by Crippen LogP contribution is 2.35. The Labute approximate surface area is 95.0 Å². The standard InChI is InChI=1S/C9H10N2O4S/c12-5-9(3-4-9)10-8(13)6-1-2-7(16-6)11(14)15/h1-2,12H,3-5H2,(H,10,13). The van der Waals surface area contributed by atoms with E-state index in [1.165, 1.54) is 12.1 Å². The van der Waals surface area contributed by atoms with Crippen LogP contribution in [0.3, 0.4) is 0 Å². The number of aliphatic hydroxyl groups excluding tert-OH is 1. The van der Waals surface area contributed by atoms with Crippen molar-refractivity contribution >= 4 is 22.2 Å². The molecule has 0 radical (unpaired) electrons. The number of carbonyl (C=O) groups is 1. The van der Waals surface area contributed by atoms with Gasteiger partial charge in [0.1, 0.15) is 0 Å². The topological polar surface area (TPSA) is 92.5 Å². The highest BCUT2D eigenvalue weighted by molar-refractivity contribution is 7.17. The third-order valence-electron chi connectivity index (χ3n) is 2.53. The quantitative estimate of drug-likeness (QED) is 0.606. The molecule has 6 nitrogen and oxygen atoms in total. The largest absolute Gasteiger partial charge is 0.394 e. The third kappa shape index (κ3) is 2.05. The van der Waals surface area contributed by atoms with Crippen LogP contribution < -0.4 is 5.32 Å². The van der Waals surface area contributed by atoms with E-state index in [2.05, 4.69) is 5.32 Å². The van der Waals surface area contributed by atoms with Crippen LogP contribution in [0.15, 0.2) is 12.1 Å². The molecule has 7 heteroatoms. The minimum Gasteiger partial charge on any atom is -0.394 e. The van der Waals surface area contributed by atoms with Crippen molar-refractivity contribution in [1.82, 2.24) is 5.32 Å². The Hall–Kier alpha value is -1.47. The number of amides is 1. The molecule has 1 aliphatic rings. The van der Waals surface area contributed by atoms with E-state index in [4.69, 9.17) is 5.11 Å². The maximum absolute atomic E-state index is 11.7. The van der Waals surface area contributed by atoms with Gasteiger partial charge in [-0.3, -0.25) is 14.9 Å². The van der Waals surface area contributed by atoms with Crippen molar-refractivity contribution in [2.75, 3.05) is 6.61 Å². The summed E-state index contributed by atoms with van der Waals surface area (Å²) in [6, 6.07) is 2.73. The highest BCUT2D eigenvalue weighted by atomic mass is 32.1. The predicted octanol–water partition coefficient (Wildman–Crippen LogP) is 0.911. The second-order valence-electron chi connectivity index (χ2n) is 3.79. The van der Waals surface area contributed by atoms with E-state index < -0.39 is 10.5 Å². The van der Waals surface area contributed by atoms with Gasteiger partial charge >= 0.3 is 5.00 Å². The summed E-state index contributed by atoms with van der Waals surface area (Å²) < 4.78 is 0. The van der Waals surface area contributed by atoms with Crippen LogP contribution in [0.2, 0.25) is 0 Å². The lowest BCUT2D eigenvalue weighted by atomic mass is 10.3. The molecule has 16 heavy (non-hydrogen) atoms. The Bertz CT molecular complexity index is 438. The maximum atomic E-state index is 11.7. The summed E-state index contributed by atoms with van der Waals surface area (Å²) in [5, 5.41) is 22.1. The van der Waals surface area contributed by atoms with Crippen LogP contribution in [-0.4, -0.2) is 28.1 Å². The second kappa shape index (κ2) is 3.84. The van der Waals surface area contributed by atoms with E-state index in [1.54, 1.807) is 0 Å². The van der Waals surface area contributed by atoms with Gasteiger partial charge in [0.15, 0.2) is 0 Å². The molecule has 0 unspecified atom stereocenters. The van der Waals surface area contributed by atoms with Crippen molar-refractivity contribution in [3.63, 3.8) is 0 Å². The molecule has 1 aromatic rings. The molecule has 0 spiro atoms. The second-order valence-corrected chi connectivity index (χ2v) is 4.85. The maximum Gasteiger partial charge on any atom is 0.324 e. The van der Waals surface area contributed by atoms with Gasteiger partial charge in [-0.15, -0.1) is 0 Å². The Morgan fingerprint density at radius 3 is 2.75 bits per heavy atom. The molecule has 0 atom stereocenters. The molecule has 1 amide bonds. The van der Waals surface area contributed by atoms with Crippen LogP contribution in [-0.2, 0) is 0 Å². The van der Waals surface area contributed by atoms with Crippen LogP contribution in [0, 0.1) is 10.1 Å². The number of thiophene rings is 1. The van der Waals surface area contributed by atoms with E-state index in [0.29, 0.717) is 4.88 Å². The van der Waals surface area contributed by atoms with Gasteiger partial charge in [-0.2, -0.15) is 0 Å². The van der Waals surface area contributed by atoms with Crippen LogP contribution >= 0.6 is 11.3 Å². The molecule has 1 fully saturated rings. The summed E-state index contributed by atoms with van der Waals surface area (Å²) >= 11 is 0.835. The monoisotopic (exact) mass is 242 g/mol. The van der Waals surface area contributed by atoms with Crippen LogP contribution in [0.5, 0.6) is 0 Å². The lowest BCUT2D eigenvalue weighted by molar-refractivity contribution is -0.380. The third-order valence-corrected chi connectivity index (χ3v) is 3.57. The number of rotatable bonds is 4. The summed E-state index contributed by atoms with van der Waals surface area (Å²) in [5.74, 6) is -0.357. The van der Waals surface area contributed by atoms with E-state index in [1.807, 2.05) is 0 Å². The Morgan fingerprint density at radius 2 is 2.31 bits per heavy atom. The number of aliphatic hydroxyl groups is 1. The van der Waals surface area contributed by atoms with Crippen molar-refractivity contribution in [3.05, 3.63) is 27.1 Å². The molecule has 1 heterocycles. The van der Waals surface area contributed by atoms with Crippen molar-refractivity contribution in [3.8, 4) is 0 Å². The first-order chi connectivity index (χ1) is 7.56. The zero-order chi connectivity index (χ0) is 11.8. The van der Waals surface area contributed by atoms with Crippen LogP contribution in [0.1, 0.15) is 22.5 Å². The molecular formula is C9H10N2O4S. The number of hydrogen-bond acceptors (Lipinski definition) is 5. The first kappa shape index (κ1) is 11.0. The Morgan fingerprint density at radius 1 is 1.62 bits per heavy atom. The van der Waals surface area contributed by atoms with Crippen LogP contribution in [0.25, 0.3) is 0 Å². The zero-order valence-electron chi connectivity index (χ0n) is 8.30. The van der Waals surface area contributed by atoms with Gasteiger partial charge < -0.3 is 10.4 Å². The fourth-order valence-electron chi connectivity index (χ4n) is 1.32. The average Bonchev–Trinajstić information content (AvgIpc) is 2.83. The first-order valence-corrected chi connectivity index (χ1v) is 5.56. The summed E-state index contributed by atoms with van der Waals surface area (Å²) in [7, 11) is 0. The SMILES string of the molecule is O=C(NC1(CO)CC1)c1ccc([N+](=O)[O-])s1. The molecule has 1 aliphatic carbocycles. The van der Waals surface area contributed by atoms with Gasteiger partial charge in [0.25, 0.3) is 5.91 Å². The molecule has 86 valence electrons. The number of carbonyl (C=O) groups excluding carboxylic acids is 1. The molecule has 1 aromatic heterocycles. The number of nitro groups is 1. The highest BCUT2D eigenvalue weighted by Gasteiger charge is 2.43. The van der Waals surface area contributed by atoms with Gasteiger partial charge in [-0.1, -0.05) is 11.3 Å². The van der Waals surface area contributed by atoms with E-state index in [9.17, 15) is 14.9 Å². The molecule has 2 rings (SSSR count). The molecule has 2 N–H and O–H groups in total. The fourth-order valence-corrected chi connectivity index (χ4v) is 2.04. The molecule has 0 aliphatic heterocycles. The van der Waals surface area contributed by atoms with E-state index in [0.717, 1.165) is 24.2 Å². The predicted molar refractivity (Wildman–Crippen MR) is 57.5 cm³/mol. The average molecular weight is 242 g/mol. The first-order valence-electron chi connectivity index (χ1n) is 4.74. The number of nitrogens with one attached hydrogen (secondary N) is 1.